The number of benzene rings is 2. The fourth-order valence-electron chi connectivity index (χ4n) is 2.92. The van der Waals surface area contributed by atoms with Gasteiger partial charge in [-0.3, -0.25) is 4.79 Å². The summed E-state index contributed by atoms with van der Waals surface area (Å²) in [6, 6.07) is 16.1. The van der Waals surface area contributed by atoms with Gasteiger partial charge >= 0.3 is 12.3 Å². The third-order valence-electron chi connectivity index (χ3n) is 3.95. The van der Waals surface area contributed by atoms with Gasteiger partial charge in [-0.2, -0.15) is 4.79 Å². The SMILES string of the molecule is [N-]=[N+]=CC(=O)CNC(=O)OCC1c2ccccc2-c2ccccc21. The normalized spacial score (nSPS) is 11.8. The molecule has 24 heavy (non-hydrogen) atoms. The number of hydrogen-bond acceptors (Lipinski definition) is 3. The lowest BCUT2D eigenvalue weighted by Gasteiger charge is -2.14. The molecule has 1 aliphatic rings. The van der Waals surface area contributed by atoms with Gasteiger partial charge in [0.15, 0.2) is 0 Å². The molecule has 0 saturated carbocycles. The first kappa shape index (κ1) is 15.6. The number of amides is 1. The Labute approximate surface area is 138 Å². The summed E-state index contributed by atoms with van der Waals surface area (Å²) >= 11 is 0. The summed E-state index contributed by atoms with van der Waals surface area (Å²) in [4.78, 5) is 25.5. The molecule has 1 aliphatic carbocycles. The maximum absolute atomic E-state index is 11.7. The van der Waals surface area contributed by atoms with Crippen LogP contribution in [0.25, 0.3) is 16.7 Å². The molecule has 0 spiro atoms. The van der Waals surface area contributed by atoms with Crippen molar-refractivity contribution in [2.45, 2.75) is 5.92 Å². The predicted molar refractivity (Wildman–Crippen MR) is 87.8 cm³/mol. The molecule has 0 fully saturated rings. The minimum absolute atomic E-state index is 0.0298. The van der Waals surface area contributed by atoms with Crippen molar-refractivity contribution in [2.24, 2.45) is 0 Å². The van der Waals surface area contributed by atoms with Crippen LogP contribution in [0.15, 0.2) is 48.5 Å². The molecule has 0 bridgehead atoms. The van der Waals surface area contributed by atoms with Gasteiger partial charge in [0.05, 0.1) is 6.54 Å². The highest BCUT2D eigenvalue weighted by Crippen LogP contribution is 2.44. The molecular weight excluding hydrogens is 306 g/mol. The third-order valence-corrected chi connectivity index (χ3v) is 3.95. The van der Waals surface area contributed by atoms with Gasteiger partial charge in [-0.25, -0.2) is 4.79 Å². The number of Topliss-reactive ketones (excluding diaryl/α,β-unsaturated/α-hetero) is 1. The van der Waals surface area contributed by atoms with Crippen LogP contribution in [-0.2, 0) is 9.53 Å². The van der Waals surface area contributed by atoms with Crippen LogP contribution in [0.5, 0.6) is 0 Å². The summed E-state index contributed by atoms with van der Waals surface area (Å²) in [6.45, 7) is -0.0944. The first-order valence-electron chi connectivity index (χ1n) is 7.50. The number of hydrogen-bond donors (Lipinski definition) is 1. The molecule has 6 nitrogen and oxygen atoms in total. The molecule has 0 aliphatic heterocycles. The van der Waals surface area contributed by atoms with Gasteiger partial charge < -0.3 is 15.6 Å². The molecule has 0 aromatic heterocycles. The Balaban J connectivity index is 1.68. The van der Waals surface area contributed by atoms with Gasteiger partial charge in [0.1, 0.15) is 6.61 Å². The molecule has 0 saturated heterocycles. The van der Waals surface area contributed by atoms with E-state index in [4.69, 9.17) is 10.3 Å². The van der Waals surface area contributed by atoms with Gasteiger partial charge in [-0.15, -0.1) is 0 Å². The predicted octanol–water partition coefficient (Wildman–Crippen LogP) is 2.39. The number of nitrogens with zero attached hydrogens (tertiary/aromatic N) is 2. The minimum atomic E-state index is -0.684. The minimum Gasteiger partial charge on any atom is -0.449 e. The number of ketones is 1. The second-order valence-corrected chi connectivity index (χ2v) is 5.39. The van der Waals surface area contributed by atoms with Crippen LogP contribution in [0.2, 0.25) is 0 Å². The molecule has 0 heterocycles. The molecule has 1 amide bonds. The molecule has 0 radical (unpaired) electrons. The van der Waals surface area contributed by atoms with E-state index in [1.807, 2.05) is 36.4 Å². The van der Waals surface area contributed by atoms with E-state index in [9.17, 15) is 9.59 Å². The van der Waals surface area contributed by atoms with Crippen molar-refractivity contribution in [3.63, 3.8) is 0 Å². The zero-order chi connectivity index (χ0) is 16.9. The Hall–Kier alpha value is -3.24. The van der Waals surface area contributed by atoms with Crippen LogP contribution >= 0.6 is 0 Å². The van der Waals surface area contributed by atoms with E-state index in [0.29, 0.717) is 0 Å². The number of nitrogens with one attached hydrogen (secondary N) is 1. The molecule has 6 heteroatoms. The Morgan fingerprint density at radius 2 is 1.67 bits per heavy atom. The molecule has 1 N–H and O–H groups in total. The third kappa shape index (κ3) is 3.09. The number of fused-ring (bicyclic) bond motifs is 3. The smallest absolute Gasteiger partial charge is 0.407 e. The second kappa shape index (κ2) is 6.89. The first-order chi connectivity index (χ1) is 11.7. The van der Waals surface area contributed by atoms with E-state index in [1.165, 1.54) is 0 Å². The van der Waals surface area contributed by atoms with Crippen molar-refractivity contribution < 1.29 is 19.1 Å². The van der Waals surface area contributed by atoms with Crippen LogP contribution < -0.4 is 5.32 Å². The molecule has 2 aromatic rings. The average Bonchev–Trinajstić information content (AvgIpc) is 2.92. The van der Waals surface area contributed by atoms with Crippen LogP contribution in [-0.4, -0.2) is 36.0 Å². The van der Waals surface area contributed by atoms with Crippen molar-refractivity contribution in [3.8, 4) is 11.1 Å². The highest BCUT2D eigenvalue weighted by Gasteiger charge is 2.28. The summed E-state index contributed by atoms with van der Waals surface area (Å²) in [5.41, 5.74) is 12.8. The van der Waals surface area contributed by atoms with E-state index in [1.54, 1.807) is 0 Å². The van der Waals surface area contributed by atoms with Crippen molar-refractivity contribution in [3.05, 3.63) is 65.2 Å². The lowest BCUT2D eigenvalue weighted by molar-refractivity contribution is -0.115. The Bertz CT molecular complexity index is 795. The molecule has 3 rings (SSSR count). The molecule has 120 valence electrons. The number of ether oxygens (including phenoxy) is 1. The Morgan fingerprint density at radius 1 is 1.08 bits per heavy atom. The lowest BCUT2D eigenvalue weighted by atomic mass is 9.98. The average molecular weight is 321 g/mol. The summed E-state index contributed by atoms with van der Waals surface area (Å²) in [5.74, 6) is -0.552. The van der Waals surface area contributed by atoms with E-state index >= 15 is 0 Å². The van der Waals surface area contributed by atoms with Crippen molar-refractivity contribution >= 4 is 18.1 Å². The van der Waals surface area contributed by atoms with Crippen LogP contribution in [0.1, 0.15) is 17.0 Å². The van der Waals surface area contributed by atoms with Gasteiger partial charge in [-0.05, 0) is 22.3 Å². The zero-order valence-electron chi connectivity index (χ0n) is 12.8. The Kier molecular flexibility index (Phi) is 4.50. The summed E-state index contributed by atoms with van der Waals surface area (Å²) in [5, 5.41) is 2.33. The summed E-state index contributed by atoms with van der Waals surface area (Å²) in [6.07, 6.45) is 0.0422. The quantitative estimate of drug-likeness (QED) is 0.520. The number of carbonyl (C=O) groups excluding carboxylic acids is 2. The van der Waals surface area contributed by atoms with Crippen molar-refractivity contribution in [1.82, 2.24) is 5.32 Å². The molecule has 2 aromatic carbocycles. The maximum Gasteiger partial charge on any atom is 0.407 e. The lowest BCUT2D eigenvalue weighted by Crippen LogP contribution is -2.31. The first-order valence-corrected chi connectivity index (χ1v) is 7.50. The second-order valence-electron chi connectivity index (χ2n) is 5.39. The van der Waals surface area contributed by atoms with Crippen LogP contribution in [0.4, 0.5) is 4.79 Å². The van der Waals surface area contributed by atoms with E-state index in [0.717, 1.165) is 28.5 Å². The highest BCUT2D eigenvalue weighted by molar-refractivity contribution is 6.26. The Morgan fingerprint density at radius 3 is 2.25 bits per heavy atom. The molecule has 0 unspecified atom stereocenters. The van der Waals surface area contributed by atoms with E-state index in [2.05, 4.69) is 22.2 Å². The largest absolute Gasteiger partial charge is 0.449 e. The zero-order valence-corrected chi connectivity index (χ0v) is 12.8. The number of rotatable bonds is 5. The monoisotopic (exact) mass is 321 g/mol. The standard InChI is InChI=1S/C18H15N3O3/c19-21-10-12(22)9-20-18(23)24-11-17-15-7-3-1-5-13(15)14-6-2-4-8-16(14)17/h1-8,10,17H,9,11H2,(H,20,23). The maximum atomic E-state index is 11.7. The van der Waals surface area contributed by atoms with Gasteiger partial charge in [-0.1, -0.05) is 48.5 Å². The fraction of sp³-hybridized carbons (Fsp3) is 0.167. The highest BCUT2D eigenvalue weighted by atomic mass is 16.5. The summed E-state index contributed by atoms with van der Waals surface area (Å²) < 4.78 is 5.26. The molecular formula is C18H15N3O3. The topological polar surface area (TPSA) is 91.8 Å². The number of carbonyl (C=O) groups is 2. The summed E-state index contributed by atoms with van der Waals surface area (Å²) in [7, 11) is 0. The van der Waals surface area contributed by atoms with Gasteiger partial charge in [0.25, 0.3) is 5.78 Å². The van der Waals surface area contributed by atoms with E-state index in [-0.39, 0.29) is 19.1 Å². The van der Waals surface area contributed by atoms with Crippen LogP contribution in [0.3, 0.4) is 0 Å². The number of alkyl carbamates (subject to hydrolysis) is 1. The fourth-order valence-corrected chi connectivity index (χ4v) is 2.92. The van der Waals surface area contributed by atoms with E-state index < -0.39 is 11.9 Å². The van der Waals surface area contributed by atoms with Gasteiger partial charge in [0.2, 0.25) is 0 Å². The van der Waals surface area contributed by atoms with Crippen molar-refractivity contribution in [1.29, 1.82) is 0 Å². The van der Waals surface area contributed by atoms with Gasteiger partial charge in [0, 0.05) is 5.92 Å². The van der Waals surface area contributed by atoms with Crippen molar-refractivity contribution in [2.75, 3.05) is 13.2 Å². The van der Waals surface area contributed by atoms with Crippen LogP contribution in [0, 0.1) is 0 Å². The molecule has 0 atom stereocenters.